The summed E-state index contributed by atoms with van der Waals surface area (Å²) in [7, 11) is 0. The summed E-state index contributed by atoms with van der Waals surface area (Å²) in [5, 5.41) is 1.36. The maximum Gasteiger partial charge on any atom is 0.214 e. The molecule has 3 aromatic rings. The van der Waals surface area contributed by atoms with Crippen LogP contribution in [0.3, 0.4) is 0 Å². The highest BCUT2D eigenvalue weighted by molar-refractivity contribution is 5.89. The zero-order valence-electron chi connectivity index (χ0n) is 19.1. The van der Waals surface area contributed by atoms with Gasteiger partial charge in [0.15, 0.2) is 5.54 Å². The maximum absolute atomic E-state index is 4.70. The van der Waals surface area contributed by atoms with E-state index in [1.54, 1.807) is 0 Å². The third-order valence-corrected chi connectivity index (χ3v) is 7.00. The number of fused-ring (bicyclic) bond motifs is 5. The zero-order valence-corrected chi connectivity index (χ0v) is 19.1. The van der Waals surface area contributed by atoms with Crippen LogP contribution in [-0.2, 0) is 11.0 Å². The van der Waals surface area contributed by atoms with Crippen LogP contribution in [0.4, 0.5) is 0 Å². The first-order valence-corrected chi connectivity index (χ1v) is 11.0. The van der Waals surface area contributed by atoms with E-state index in [9.17, 15) is 0 Å². The fourth-order valence-corrected chi connectivity index (χ4v) is 5.55. The topological polar surface area (TPSA) is 3.88 Å². The molecule has 0 saturated heterocycles. The van der Waals surface area contributed by atoms with Gasteiger partial charge in [-0.2, -0.15) is 4.57 Å². The van der Waals surface area contributed by atoms with Crippen molar-refractivity contribution < 1.29 is 4.57 Å². The standard InChI is InChI=1S/C28H34N/c1-9-28(10-2)20(5)26-19(4)16-18(3)17-22(26)25-15-14-21-23(27(6,7)8)12-11-13-24(21)29(25)28/h11-17H,5,9-10H2,1-4,6-8H3/q+1. The van der Waals surface area contributed by atoms with Crippen molar-refractivity contribution >= 4 is 16.5 Å². The zero-order chi connectivity index (χ0) is 21.1. The Morgan fingerprint density at radius 1 is 0.966 bits per heavy atom. The van der Waals surface area contributed by atoms with Gasteiger partial charge in [-0.15, -0.1) is 0 Å². The minimum absolute atomic E-state index is 0.0988. The number of benzene rings is 2. The van der Waals surface area contributed by atoms with Crippen LogP contribution in [0, 0.1) is 13.8 Å². The number of aromatic nitrogens is 1. The van der Waals surface area contributed by atoms with Gasteiger partial charge in [0, 0.05) is 36.1 Å². The Bertz CT molecular complexity index is 1140. The molecular weight excluding hydrogens is 350 g/mol. The molecule has 0 amide bonds. The molecule has 0 atom stereocenters. The first kappa shape index (κ1) is 19.9. The van der Waals surface area contributed by atoms with Crippen LogP contribution in [-0.4, -0.2) is 0 Å². The van der Waals surface area contributed by atoms with Crippen LogP contribution < -0.4 is 4.57 Å². The molecule has 0 radical (unpaired) electrons. The Labute approximate surface area is 176 Å². The summed E-state index contributed by atoms with van der Waals surface area (Å²) >= 11 is 0. The van der Waals surface area contributed by atoms with Crippen LogP contribution in [0.1, 0.15) is 69.7 Å². The predicted octanol–water partition coefficient (Wildman–Crippen LogP) is 7.25. The van der Waals surface area contributed by atoms with Crippen LogP contribution in [0.15, 0.2) is 49.0 Å². The second-order valence-corrected chi connectivity index (χ2v) is 9.76. The number of rotatable bonds is 2. The van der Waals surface area contributed by atoms with Gasteiger partial charge in [0.1, 0.15) is 0 Å². The monoisotopic (exact) mass is 384 g/mol. The Hall–Kier alpha value is -2.41. The number of allylic oxidation sites excluding steroid dienone is 1. The van der Waals surface area contributed by atoms with Crippen molar-refractivity contribution in [3.8, 4) is 11.3 Å². The Morgan fingerprint density at radius 3 is 2.28 bits per heavy atom. The normalized spacial score (nSPS) is 15.3. The third-order valence-electron chi connectivity index (χ3n) is 7.00. The highest BCUT2D eigenvalue weighted by atomic mass is 15.1. The van der Waals surface area contributed by atoms with Gasteiger partial charge in [-0.05, 0) is 48.1 Å². The number of hydrogen-bond acceptors (Lipinski definition) is 0. The molecule has 2 aromatic carbocycles. The average Bonchev–Trinajstić information content (AvgIpc) is 2.67. The largest absolute Gasteiger partial charge is 0.214 e. The molecule has 0 N–H and O–H groups in total. The van der Waals surface area contributed by atoms with Crippen molar-refractivity contribution in [2.24, 2.45) is 0 Å². The summed E-state index contributed by atoms with van der Waals surface area (Å²) < 4.78 is 2.61. The molecule has 0 saturated carbocycles. The molecule has 29 heavy (non-hydrogen) atoms. The number of pyridine rings is 1. The van der Waals surface area contributed by atoms with Gasteiger partial charge in [0.05, 0.1) is 10.9 Å². The van der Waals surface area contributed by atoms with Crippen LogP contribution >= 0.6 is 0 Å². The average molecular weight is 385 g/mol. The lowest BCUT2D eigenvalue weighted by molar-refractivity contribution is -0.718. The molecule has 150 valence electrons. The van der Waals surface area contributed by atoms with Gasteiger partial charge in [-0.25, -0.2) is 0 Å². The SMILES string of the molecule is C=C1c2c(C)cc(C)cc2-c2ccc3c(C(C)(C)C)cccc3[n+]2C1(CC)CC. The molecule has 1 aliphatic rings. The van der Waals surface area contributed by atoms with E-state index < -0.39 is 0 Å². The lowest BCUT2D eigenvalue weighted by atomic mass is 9.73. The molecule has 1 heteroatoms. The first-order valence-electron chi connectivity index (χ1n) is 11.0. The summed E-state index contributed by atoms with van der Waals surface area (Å²) in [4.78, 5) is 0. The van der Waals surface area contributed by atoms with Crippen LogP contribution in [0.2, 0.25) is 0 Å². The van der Waals surface area contributed by atoms with Gasteiger partial charge >= 0.3 is 0 Å². The molecule has 0 unspecified atom stereocenters. The van der Waals surface area contributed by atoms with Crippen LogP contribution in [0.25, 0.3) is 27.7 Å². The van der Waals surface area contributed by atoms with Gasteiger partial charge in [0.2, 0.25) is 11.2 Å². The molecule has 1 aliphatic heterocycles. The Balaban J connectivity index is 2.22. The predicted molar refractivity (Wildman–Crippen MR) is 125 cm³/mol. The summed E-state index contributed by atoms with van der Waals surface area (Å²) in [6.07, 6.45) is 2.07. The quantitative estimate of drug-likeness (QED) is 0.410. The van der Waals surface area contributed by atoms with E-state index >= 15 is 0 Å². The molecule has 0 bridgehead atoms. The minimum atomic E-state index is -0.0988. The molecule has 0 spiro atoms. The summed E-state index contributed by atoms with van der Waals surface area (Å²) in [6.45, 7) is 20.7. The highest BCUT2D eigenvalue weighted by Crippen LogP contribution is 2.46. The molecular formula is C28H34N+. The molecule has 4 rings (SSSR count). The van der Waals surface area contributed by atoms with Gasteiger partial charge in [-0.1, -0.05) is 59.4 Å². The fourth-order valence-electron chi connectivity index (χ4n) is 5.55. The Kier molecular flexibility index (Phi) is 4.49. The smallest absolute Gasteiger partial charge is 0.182 e. The van der Waals surface area contributed by atoms with E-state index in [0.29, 0.717) is 0 Å². The van der Waals surface area contributed by atoms with Crippen molar-refractivity contribution in [3.63, 3.8) is 0 Å². The second-order valence-electron chi connectivity index (χ2n) is 9.76. The van der Waals surface area contributed by atoms with E-state index in [1.807, 2.05) is 0 Å². The maximum atomic E-state index is 4.70. The second kappa shape index (κ2) is 6.55. The van der Waals surface area contributed by atoms with Crippen molar-refractivity contribution in [2.45, 2.75) is 72.3 Å². The summed E-state index contributed by atoms with van der Waals surface area (Å²) in [6, 6.07) is 16.1. The summed E-state index contributed by atoms with van der Waals surface area (Å²) in [5.41, 5.74) is 10.6. The van der Waals surface area contributed by atoms with E-state index in [0.717, 1.165) is 12.8 Å². The van der Waals surface area contributed by atoms with E-state index in [-0.39, 0.29) is 11.0 Å². The van der Waals surface area contributed by atoms with E-state index in [2.05, 4.69) is 95.5 Å². The first-order chi connectivity index (χ1) is 13.7. The molecule has 0 aliphatic carbocycles. The number of nitrogens with zero attached hydrogens (tertiary/aromatic N) is 1. The summed E-state index contributed by atoms with van der Waals surface area (Å²) in [5.74, 6) is 0. The third kappa shape index (κ3) is 2.70. The molecule has 2 heterocycles. The Morgan fingerprint density at radius 2 is 1.66 bits per heavy atom. The number of aryl methyl sites for hydroxylation is 2. The van der Waals surface area contributed by atoms with Crippen molar-refractivity contribution in [1.29, 1.82) is 0 Å². The molecule has 1 nitrogen and oxygen atoms in total. The lowest BCUT2D eigenvalue weighted by Gasteiger charge is -2.37. The van der Waals surface area contributed by atoms with E-state index in [1.165, 1.54) is 50.0 Å². The molecule has 0 fully saturated rings. The van der Waals surface area contributed by atoms with Gasteiger partial charge < -0.3 is 0 Å². The van der Waals surface area contributed by atoms with Crippen molar-refractivity contribution in [1.82, 2.24) is 0 Å². The van der Waals surface area contributed by atoms with Crippen LogP contribution in [0.5, 0.6) is 0 Å². The van der Waals surface area contributed by atoms with Gasteiger partial charge in [-0.3, -0.25) is 0 Å². The lowest BCUT2D eigenvalue weighted by Crippen LogP contribution is -2.60. The molecule has 1 aromatic heterocycles. The fraction of sp³-hybridized carbons (Fsp3) is 0.393. The van der Waals surface area contributed by atoms with Gasteiger partial charge in [0.25, 0.3) is 0 Å². The van der Waals surface area contributed by atoms with Crippen molar-refractivity contribution in [3.05, 3.63) is 71.3 Å². The number of hydrogen-bond donors (Lipinski definition) is 0. The minimum Gasteiger partial charge on any atom is -0.182 e. The van der Waals surface area contributed by atoms with Crippen molar-refractivity contribution in [2.75, 3.05) is 0 Å². The highest BCUT2D eigenvalue weighted by Gasteiger charge is 2.48. The van der Waals surface area contributed by atoms with E-state index in [4.69, 9.17) is 6.58 Å².